The van der Waals surface area contributed by atoms with Gasteiger partial charge in [0.05, 0.1) is 58.9 Å². The van der Waals surface area contributed by atoms with Gasteiger partial charge in [0, 0.05) is 0 Å². The highest BCUT2D eigenvalue weighted by Crippen LogP contribution is 2.07. The van der Waals surface area contributed by atoms with E-state index in [-0.39, 0.29) is 12.1 Å². The van der Waals surface area contributed by atoms with Gasteiger partial charge in [0.1, 0.15) is 29.1 Å². The molecule has 0 N–H and O–H groups in total. The maximum absolute atomic E-state index is 5.59. The summed E-state index contributed by atoms with van der Waals surface area (Å²) in [6, 6.07) is 0.170. The first-order valence-electron chi connectivity index (χ1n) is 6.79. The molecule has 0 spiro atoms. The number of ether oxygens (including phenoxy) is 3. The van der Waals surface area contributed by atoms with Crippen LogP contribution in [0.1, 0.15) is 13.8 Å². The van der Waals surface area contributed by atoms with Crippen molar-refractivity contribution in [2.45, 2.75) is 26.0 Å². The first-order valence-corrected chi connectivity index (χ1v) is 7.67. The minimum atomic E-state index is -0.0853. The van der Waals surface area contributed by atoms with Crippen LogP contribution in [0.2, 0.25) is 0 Å². The van der Waals surface area contributed by atoms with Gasteiger partial charge in [0.15, 0.2) is 0 Å². The van der Waals surface area contributed by atoms with E-state index in [9.17, 15) is 0 Å². The van der Waals surface area contributed by atoms with E-state index in [2.05, 4.69) is 0 Å². The first kappa shape index (κ1) is 18.5. The highest BCUT2D eigenvalue weighted by molar-refractivity contribution is 14.1. The molecule has 0 aromatic heterocycles. The zero-order valence-corrected chi connectivity index (χ0v) is 14.2. The summed E-state index contributed by atoms with van der Waals surface area (Å²) >= 11 is 1.84. The molecule has 1 unspecified atom stereocenters. The fraction of sp³-hybridized carbons (Fsp3) is 1.00. The van der Waals surface area contributed by atoms with Crippen LogP contribution in [0.5, 0.6) is 0 Å². The minimum Gasteiger partial charge on any atom is -0.377 e. The Hall–Kier alpha value is 0.450. The fourth-order valence-corrected chi connectivity index (χ4v) is 1.68. The Kier molecular flexibility index (Phi) is 11.1. The molecule has 1 aliphatic heterocycles. The van der Waals surface area contributed by atoms with Gasteiger partial charge in [-0.05, 0) is 13.8 Å². The summed E-state index contributed by atoms with van der Waals surface area (Å²) < 4.78 is 21.3. The summed E-state index contributed by atoms with van der Waals surface area (Å²) in [5.74, 6) is 0. The van der Waals surface area contributed by atoms with Gasteiger partial charge in [-0.25, -0.2) is 0 Å². The molecule has 1 aliphatic rings. The summed E-state index contributed by atoms with van der Waals surface area (Å²) in [7, 11) is 0. The van der Waals surface area contributed by atoms with E-state index in [0.717, 1.165) is 0 Å². The van der Waals surface area contributed by atoms with Crippen molar-refractivity contribution >= 4 is 23.0 Å². The Balaban J connectivity index is 2.06. The van der Waals surface area contributed by atoms with Crippen molar-refractivity contribution in [2.75, 3.05) is 52.9 Å². The SMILES string of the molecule is CC(C)N1OCCOC(COCCOCCOI)CO1. The van der Waals surface area contributed by atoms with Gasteiger partial charge in [-0.2, -0.15) is 0 Å². The highest BCUT2D eigenvalue weighted by Gasteiger charge is 2.19. The zero-order valence-electron chi connectivity index (χ0n) is 12.1. The Morgan fingerprint density at radius 1 is 1.10 bits per heavy atom. The van der Waals surface area contributed by atoms with E-state index in [1.165, 1.54) is 5.23 Å². The van der Waals surface area contributed by atoms with Crippen molar-refractivity contribution in [2.24, 2.45) is 0 Å². The molecule has 20 heavy (non-hydrogen) atoms. The summed E-state index contributed by atoms with van der Waals surface area (Å²) in [6.07, 6.45) is -0.0853. The van der Waals surface area contributed by atoms with Gasteiger partial charge in [-0.15, -0.1) is 0 Å². The smallest absolute Gasteiger partial charge is 0.109 e. The molecule has 1 heterocycles. The Labute approximate surface area is 134 Å². The van der Waals surface area contributed by atoms with Crippen LogP contribution in [0, 0.1) is 0 Å². The second-order valence-corrected chi connectivity index (χ2v) is 5.12. The summed E-state index contributed by atoms with van der Waals surface area (Å²) in [6.45, 7) is 8.18. The molecule has 0 amide bonds. The average molecular weight is 405 g/mol. The molecule has 0 bridgehead atoms. The maximum Gasteiger partial charge on any atom is 0.109 e. The number of rotatable bonds is 9. The lowest BCUT2D eigenvalue weighted by molar-refractivity contribution is -0.402. The Morgan fingerprint density at radius 2 is 1.85 bits per heavy atom. The van der Waals surface area contributed by atoms with Crippen LogP contribution in [0.15, 0.2) is 0 Å². The molecular weight excluding hydrogens is 381 g/mol. The van der Waals surface area contributed by atoms with Gasteiger partial charge in [-0.3, -0.25) is 9.68 Å². The van der Waals surface area contributed by atoms with Crippen LogP contribution in [0.4, 0.5) is 0 Å². The summed E-state index contributed by atoms with van der Waals surface area (Å²) in [5, 5.41) is 1.52. The second-order valence-electron chi connectivity index (χ2n) is 4.50. The van der Waals surface area contributed by atoms with Crippen LogP contribution in [-0.2, 0) is 27.0 Å². The number of hydrogen-bond donors (Lipinski definition) is 0. The second kappa shape index (κ2) is 12.0. The van der Waals surface area contributed by atoms with Gasteiger partial charge < -0.3 is 17.3 Å². The lowest BCUT2D eigenvalue weighted by Gasteiger charge is -2.29. The lowest BCUT2D eigenvalue weighted by atomic mass is 10.4. The molecule has 0 radical (unpaired) electrons. The summed E-state index contributed by atoms with van der Waals surface area (Å²) in [5.41, 5.74) is 0. The van der Waals surface area contributed by atoms with Gasteiger partial charge in [-0.1, -0.05) is 5.23 Å². The van der Waals surface area contributed by atoms with Gasteiger partial charge in [0.25, 0.3) is 0 Å². The molecule has 0 aliphatic carbocycles. The monoisotopic (exact) mass is 405 g/mol. The zero-order chi connectivity index (χ0) is 14.6. The topological polar surface area (TPSA) is 58.6 Å². The fourth-order valence-electron chi connectivity index (χ4n) is 1.50. The maximum atomic E-state index is 5.59. The van der Waals surface area contributed by atoms with E-state index in [1.54, 1.807) is 0 Å². The largest absolute Gasteiger partial charge is 0.377 e. The van der Waals surface area contributed by atoms with Crippen LogP contribution >= 0.6 is 23.0 Å². The molecule has 1 fully saturated rings. The molecule has 0 saturated carbocycles. The van der Waals surface area contributed by atoms with Crippen molar-refractivity contribution in [3.8, 4) is 0 Å². The van der Waals surface area contributed by atoms with Crippen molar-refractivity contribution in [3.63, 3.8) is 0 Å². The standard InChI is InChI=1S/C12H24INO6/c1-11(2)14-19-8-6-17-12(10-20-14)9-16-4-3-15-5-7-18-13/h11-12H,3-10H2,1-2H3. The predicted molar refractivity (Wildman–Crippen MR) is 80.2 cm³/mol. The van der Waals surface area contributed by atoms with E-state index in [1.807, 2.05) is 36.9 Å². The predicted octanol–water partition coefficient (Wildman–Crippen LogP) is 1.36. The minimum absolute atomic E-state index is 0.0853. The molecule has 1 atom stereocenters. The molecular formula is C12H24INO6. The van der Waals surface area contributed by atoms with Crippen LogP contribution in [-0.4, -0.2) is 70.2 Å². The number of hydrogen-bond acceptors (Lipinski definition) is 7. The van der Waals surface area contributed by atoms with E-state index in [4.69, 9.17) is 27.0 Å². The van der Waals surface area contributed by atoms with Crippen LogP contribution in [0.25, 0.3) is 0 Å². The molecule has 0 aromatic carbocycles. The highest BCUT2D eigenvalue weighted by atomic mass is 127. The van der Waals surface area contributed by atoms with Crippen molar-refractivity contribution in [3.05, 3.63) is 0 Å². The van der Waals surface area contributed by atoms with Crippen molar-refractivity contribution < 1.29 is 27.0 Å². The lowest BCUT2D eigenvalue weighted by Crippen LogP contribution is -2.40. The van der Waals surface area contributed by atoms with Gasteiger partial charge >= 0.3 is 0 Å². The van der Waals surface area contributed by atoms with E-state index in [0.29, 0.717) is 52.9 Å². The molecule has 8 heteroatoms. The normalized spacial score (nSPS) is 21.9. The van der Waals surface area contributed by atoms with Crippen LogP contribution in [0.3, 0.4) is 0 Å². The first-order chi connectivity index (χ1) is 9.74. The molecule has 7 nitrogen and oxygen atoms in total. The molecule has 1 rings (SSSR count). The molecule has 0 aromatic rings. The number of hydroxylamine groups is 2. The summed E-state index contributed by atoms with van der Waals surface area (Å²) in [4.78, 5) is 10.9. The Bertz CT molecular complexity index is 234. The van der Waals surface area contributed by atoms with Crippen molar-refractivity contribution in [1.82, 2.24) is 5.23 Å². The Morgan fingerprint density at radius 3 is 2.60 bits per heavy atom. The van der Waals surface area contributed by atoms with E-state index >= 15 is 0 Å². The number of halogens is 1. The van der Waals surface area contributed by atoms with E-state index < -0.39 is 0 Å². The molecule has 120 valence electrons. The van der Waals surface area contributed by atoms with Crippen LogP contribution < -0.4 is 0 Å². The van der Waals surface area contributed by atoms with Crippen molar-refractivity contribution in [1.29, 1.82) is 0 Å². The quantitative estimate of drug-likeness (QED) is 0.424. The molecule has 1 saturated heterocycles. The third-order valence-electron chi connectivity index (χ3n) is 2.45. The average Bonchev–Trinajstić information content (AvgIpc) is 2.39. The number of nitrogens with zero attached hydrogens (tertiary/aromatic N) is 1. The third-order valence-corrected chi connectivity index (χ3v) is 2.89. The van der Waals surface area contributed by atoms with Gasteiger partial charge in [0.2, 0.25) is 0 Å². The third kappa shape index (κ3) is 8.67.